The van der Waals surface area contributed by atoms with Gasteiger partial charge in [0.2, 0.25) is 0 Å². The normalized spacial score (nSPS) is 10.8. The van der Waals surface area contributed by atoms with E-state index in [2.05, 4.69) is 15.3 Å². The Morgan fingerprint density at radius 1 is 1.10 bits per heavy atom. The lowest BCUT2D eigenvalue weighted by Crippen LogP contribution is -1.97. The van der Waals surface area contributed by atoms with Gasteiger partial charge in [0.15, 0.2) is 0 Å². The highest BCUT2D eigenvalue weighted by atomic mass is 31.0. The Balaban J connectivity index is 2.56. The van der Waals surface area contributed by atoms with Crippen LogP contribution in [0, 0.1) is 19.7 Å². The minimum absolute atomic E-state index is 0.163. The molecule has 1 nitrogen and oxygen atoms in total. The summed E-state index contributed by atoms with van der Waals surface area (Å²) in [4.78, 5) is 0. The number of methoxy groups -OCH3 is 1. The second-order valence-corrected chi connectivity index (χ2v) is 5.47. The van der Waals surface area contributed by atoms with Crippen LogP contribution in [-0.2, 0) is 17.5 Å². The fraction of sp³-hybridized carbons (Fsp3) is 0.294. The van der Waals surface area contributed by atoms with Gasteiger partial charge < -0.3 is 4.74 Å². The Labute approximate surface area is 122 Å². The van der Waals surface area contributed by atoms with Gasteiger partial charge in [0.1, 0.15) is 5.82 Å². The molecule has 106 valence electrons. The highest BCUT2D eigenvalue weighted by molar-refractivity contribution is 7.15. The molecule has 0 aliphatic rings. The molecule has 1 unspecified atom stereocenters. The van der Waals surface area contributed by atoms with Crippen LogP contribution in [0.3, 0.4) is 0 Å². The molecule has 0 spiro atoms. The first-order chi connectivity index (χ1) is 9.56. The van der Waals surface area contributed by atoms with Crippen LogP contribution in [0.15, 0.2) is 30.3 Å². The zero-order valence-corrected chi connectivity index (χ0v) is 13.3. The van der Waals surface area contributed by atoms with E-state index in [1.165, 1.54) is 5.56 Å². The Hall–Kier alpha value is -1.24. The SMILES string of the molecule is COCc1cc(-c2c(C)cc(C)cc2F)ccc1CP. The molecule has 0 aliphatic carbocycles. The maximum Gasteiger partial charge on any atom is 0.131 e. The number of benzene rings is 2. The highest BCUT2D eigenvalue weighted by Gasteiger charge is 2.11. The van der Waals surface area contributed by atoms with E-state index in [0.717, 1.165) is 28.4 Å². The molecule has 2 rings (SSSR count). The topological polar surface area (TPSA) is 9.23 Å². The van der Waals surface area contributed by atoms with Gasteiger partial charge in [0.25, 0.3) is 0 Å². The second-order valence-electron chi connectivity index (χ2n) is 5.06. The average molecular weight is 290 g/mol. The third-order valence-corrected chi connectivity index (χ3v) is 3.89. The van der Waals surface area contributed by atoms with Gasteiger partial charge >= 0.3 is 0 Å². The molecule has 0 bridgehead atoms. The van der Waals surface area contributed by atoms with Gasteiger partial charge in [-0.05, 0) is 60.0 Å². The largest absolute Gasteiger partial charge is 0.380 e. The summed E-state index contributed by atoms with van der Waals surface area (Å²) in [6.07, 6.45) is 0.869. The molecule has 20 heavy (non-hydrogen) atoms. The molecular weight excluding hydrogens is 270 g/mol. The predicted octanol–water partition coefficient (Wildman–Crippen LogP) is 4.63. The van der Waals surface area contributed by atoms with Crippen LogP contribution in [0.4, 0.5) is 4.39 Å². The van der Waals surface area contributed by atoms with Crippen LogP contribution in [0.25, 0.3) is 11.1 Å². The number of rotatable bonds is 4. The first-order valence-corrected chi connectivity index (χ1v) is 7.46. The molecule has 0 aromatic heterocycles. The van der Waals surface area contributed by atoms with E-state index in [-0.39, 0.29) is 5.82 Å². The van der Waals surface area contributed by atoms with Crippen LogP contribution in [0.1, 0.15) is 22.3 Å². The smallest absolute Gasteiger partial charge is 0.131 e. The molecule has 1 atom stereocenters. The van der Waals surface area contributed by atoms with Crippen molar-refractivity contribution in [1.82, 2.24) is 0 Å². The van der Waals surface area contributed by atoms with E-state index in [1.807, 2.05) is 32.0 Å². The van der Waals surface area contributed by atoms with Crippen LogP contribution in [0.5, 0.6) is 0 Å². The molecule has 2 aromatic carbocycles. The van der Waals surface area contributed by atoms with Crippen molar-refractivity contribution >= 4 is 9.24 Å². The van der Waals surface area contributed by atoms with Crippen molar-refractivity contribution in [2.45, 2.75) is 26.6 Å². The third-order valence-electron chi connectivity index (χ3n) is 3.45. The van der Waals surface area contributed by atoms with Crippen molar-refractivity contribution in [2.75, 3.05) is 7.11 Å². The number of hydrogen-bond acceptors (Lipinski definition) is 1. The zero-order valence-electron chi connectivity index (χ0n) is 12.2. The summed E-state index contributed by atoms with van der Waals surface area (Å²) in [5.41, 5.74) is 5.83. The number of aryl methyl sites for hydroxylation is 2. The van der Waals surface area contributed by atoms with E-state index in [9.17, 15) is 4.39 Å². The molecule has 0 saturated carbocycles. The van der Waals surface area contributed by atoms with Crippen molar-refractivity contribution in [3.8, 4) is 11.1 Å². The van der Waals surface area contributed by atoms with E-state index in [0.29, 0.717) is 12.2 Å². The summed E-state index contributed by atoms with van der Waals surface area (Å²) < 4.78 is 19.5. The van der Waals surface area contributed by atoms with Crippen LogP contribution < -0.4 is 0 Å². The van der Waals surface area contributed by atoms with Crippen LogP contribution >= 0.6 is 9.24 Å². The summed E-state index contributed by atoms with van der Waals surface area (Å²) >= 11 is 0. The molecule has 0 aliphatic heterocycles. The number of ether oxygens (including phenoxy) is 1. The van der Waals surface area contributed by atoms with Gasteiger partial charge in [-0.3, -0.25) is 0 Å². The fourth-order valence-corrected chi connectivity index (χ4v) is 2.95. The van der Waals surface area contributed by atoms with Crippen molar-refractivity contribution in [1.29, 1.82) is 0 Å². The van der Waals surface area contributed by atoms with Crippen LogP contribution in [-0.4, -0.2) is 7.11 Å². The molecule has 0 fully saturated rings. The van der Waals surface area contributed by atoms with Crippen molar-refractivity contribution < 1.29 is 9.13 Å². The molecule has 0 radical (unpaired) electrons. The lowest BCUT2D eigenvalue weighted by molar-refractivity contribution is 0.184. The summed E-state index contributed by atoms with van der Waals surface area (Å²) in [7, 11) is 4.39. The summed E-state index contributed by atoms with van der Waals surface area (Å²) in [6, 6.07) is 9.66. The van der Waals surface area contributed by atoms with Gasteiger partial charge in [-0.2, -0.15) is 0 Å². The summed E-state index contributed by atoms with van der Waals surface area (Å²) in [5.74, 6) is -0.163. The lowest BCUT2D eigenvalue weighted by atomic mass is 9.95. The molecule has 2 aromatic rings. The molecular formula is C17H20FOP. The van der Waals surface area contributed by atoms with E-state index < -0.39 is 0 Å². The molecule has 0 N–H and O–H groups in total. The van der Waals surface area contributed by atoms with E-state index in [1.54, 1.807) is 13.2 Å². The van der Waals surface area contributed by atoms with Crippen molar-refractivity contribution in [3.05, 3.63) is 58.4 Å². The molecule has 0 heterocycles. The van der Waals surface area contributed by atoms with E-state index >= 15 is 0 Å². The van der Waals surface area contributed by atoms with Crippen molar-refractivity contribution in [3.63, 3.8) is 0 Å². The van der Waals surface area contributed by atoms with E-state index in [4.69, 9.17) is 4.74 Å². The summed E-state index contributed by atoms with van der Waals surface area (Å²) in [6.45, 7) is 4.41. The first-order valence-electron chi connectivity index (χ1n) is 6.64. The Kier molecular flexibility index (Phi) is 4.91. The Bertz CT molecular complexity index is 599. The van der Waals surface area contributed by atoms with Gasteiger partial charge in [-0.1, -0.05) is 18.2 Å². The fourth-order valence-electron chi connectivity index (χ4n) is 2.55. The summed E-state index contributed by atoms with van der Waals surface area (Å²) in [5, 5.41) is 0. The highest BCUT2D eigenvalue weighted by Crippen LogP contribution is 2.30. The second kappa shape index (κ2) is 6.47. The first kappa shape index (κ1) is 15.2. The van der Waals surface area contributed by atoms with Crippen molar-refractivity contribution in [2.24, 2.45) is 0 Å². The predicted molar refractivity (Wildman–Crippen MR) is 85.4 cm³/mol. The molecule has 0 amide bonds. The molecule has 0 saturated heterocycles. The average Bonchev–Trinajstić information content (AvgIpc) is 2.38. The maximum atomic E-state index is 14.3. The van der Waals surface area contributed by atoms with Gasteiger partial charge in [-0.15, -0.1) is 9.24 Å². The van der Waals surface area contributed by atoms with Gasteiger partial charge in [0, 0.05) is 12.7 Å². The maximum absolute atomic E-state index is 14.3. The van der Waals surface area contributed by atoms with Gasteiger partial charge in [0.05, 0.1) is 6.61 Å². The minimum atomic E-state index is -0.163. The monoisotopic (exact) mass is 290 g/mol. The van der Waals surface area contributed by atoms with Gasteiger partial charge in [-0.25, -0.2) is 4.39 Å². The minimum Gasteiger partial charge on any atom is -0.380 e. The lowest BCUT2D eigenvalue weighted by Gasteiger charge is -2.13. The Morgan fingerprint density at radius 3 is 2.45 bits per heavy atom. The number of hydrogen-bond donors (Lipinski definition) is 0. The number of halogens is 1. The molecule has 3 heteroatoms. The quantitative estimate of drug-likeness (QED) is 0.746. The third kappa shape index (κ3) is 3.08. The zero-order chi connectivity index (χ0) is 14.7. The van der Waals surface area contributed by atoms with Crippen LogP contribution in [0.2, 0.25) is 0 Å². The Morgan fingerprint density at radius 2 is 1.85 bits per heavy atom. The standard InChI is InChI=1S/C17H20FOP/c1-11-6-12(2)17(16(18)7-11)13-4-5-14(10-20)15(8-13)9-19-3/h4-8H,9-10,20H2,1-3H3.